The lowest BCUT2D eigenvalue weighted by atomic mass is 10.0. The highest BCUT2D eigenvalue weighted by Gasteiger charge is 2.25. The minimum atomic E-state index is 0.641. The molecule has 3 nitrogen and oxygen atoms in total. The van der Waals surface area contributed by atoms with Crippen molar-refractivity contribution < 1.29 is 4.74 Å². The van der Waals surface area contributed by atoms with E-state index in [0.29, 0.717) is 6.04 Å². The molecule has 0 radical (unpaired) electrons. The second kappa shape index (κ2) is 6.38. The number of aromatic amines is 1. The van der Waals surface area contributed by atoms with Crippen molar-refractivity contribution in [1.82, 2.24) is 9.88 Å². The first kappa shape index (κ1) is 14.8. The van der Waals surface area contributed by atoms with Crippen LogP contribution >= 0.6 is 11.3 Å². The van der Waals surface area contributed by atoms with Gasteiger partial charge in [0.25, 0.3) is 0 Å². The topological polar surface area (TPSA) is 28.3 Å². The zero-order valence-corrected chi connectivity index (χ0v) is 14.2. The minimum Gasteiger partial charge on any atom is -0.497 e. The number of ether oxygens (including phenoxy) is 1. The first-order chi connectivity index (χ1) is 11.3. The van der Waals surface area contributed by atoms with Gasteiger partial charge < -0.3 is 9.72 Å². The molecular formula is C19H22N2OS. The third-order valence-electron chi connectivity index (χ3n) is 4.87. The first-order valence-corrected chi connectivity index (χ1v) is 9.12. The van der Waals surface area contributed by atoms with Crippen molar-refractivity contribution in [2.75, 3.05) is 13.7 Å². The van der Waals surface area contributed by atoms with Gasteiger partial charge in [0.2, 0.25) is 0 Å². The Kier molecular flexibility index (Phi) is 4.10. The monoisotopic (exact) mass is 326 g/mol. The number of benzene rings is 1. The SMILES string of the molecule is COc1ccc2[nH]cc(CC3CCCN3Cc3cccs3)c2c1. The Morgan fingerprint density at radius 2 is 2.30 bits per heavy atom. The predicted octanol–water partition coefficient (Wildman–Crippen LogP) is 4.45. The Morgan fingerprint density at radius 1 is 1.35 bits per heavy atom. The van der Waals surface area contributed by atoms with E-state index in [4.69, 9.17) is 4.74 Å². The minimum absolute atomic E-state index is 0.641. The standard InChI is InChI=1S/C19H22N2OS/c1-22-16-6-7-19-18(11-16)14(12-20-19)10-15-4-2-8-21(15)13-17-5-3-9-23-17/h3,5-7,9,11-12,15,20H,2,4,8,10,13H2,1H3. The number of methoxy groups -OCH3 is 1. The van der Waals surface area contributed by atoms with Gasteiger partial charge in [0, 0.05) is 34.6 Å². The summed E-state index contributed by atoms with van der Waals surface area (Å²) in [7, 11) is 1.73. The first-order valence-electron chi connectivity index (χ1n) is 8.24. The molecule has 120 valence electrons. The number of rotatable bonds is 5. The molecule has 0 aliphatic carbocycles. The van der Waals surface area contributed by atoms with Gasteiger partial charge in [-0.25, -0.2) is 0 Å². The molecule has 1 saturated heterocycles. The molecule has 0 spiro atoms. The molecule has 0 saturated carbocycles. The second-order valence-electron chi connectivity index (χ2n) is 6.28. The third kappa shape index (κ3) is 3.01. The normalized spacial score (nSPS) is 18.7. The highest BCUT2D eigenvalue weighted by molar-refractivity contribution is 7.09. The predicted molar refractivity (Wildman–Crippen MR) is 96.3 cm³/mol. The quantitative estimate of drug-likeness (QED) is 0.750. The van der Waals surface area contributed by atoms with Crippen LogP contribution in [0.1, 0.15) is 23.3 Å². The fraction of sp³-hybridized carbons (Fsp3) is 0.368. The van der Waals surface area contributed by atoms with Crippen LogP contribution < -0.4 is 4.74 Å². The summed E-state index contributed by atoms with van der Waals surface area (Å²) >= 11 is 1.86. The molecule has 23 heavy (non-hydrogen) atoms. The summed E-state index contributed by atoms with van der Waals surface area (Å²) in [6.45, 7) is 2.31. The van der Waals surface area contributed by atoms with Crippen LogP contribution in [0.25, 0.3) is 10.9 Å². The molecule has 0 amide bonds. The fourth-order valence-electron chi connectivity index (χ4n) is 3.64. The molecule has 4 heteroatoms. The van der Waals surface area contributed by atoms with Gasteiger partial charge in [0.15, 0.2) is 0 Å². The Hall–Kier alpha value is -1.78. The highest BCUT2D eigenvalue weighted by Crippen LogP contribution is 2.29. The van der Waals surface area contributed by atoms with Crippen molar-refractivity contribution in [2.45, 2.75) is 31.8 Å². The van der Waals surface area contributed by atoms with E-state index < -0.39 is 0 Å². The van der Waals surface area contributed by atoms with Crippen LogP contribution in [0.15, 0.2) is 41.9 Å². The lowest BCUT2D eigenvalue weighted by molar-refractivity contribution is 0.246. The molecule has 4 rings (SSSR count). The second-order valence-corrected chi connectivity index (χ2v) is 7.31. The molecule has 1 unspecified atom stereocenters. The summed E-state index contributed by atoms with van der Waals surface area (Å²) in [5.41, 5.74) is 2.60. The zero-order chi connectivity index (χ0) is 15.6. The fourth-order valence-corrected chi connectivity index (χ4v) is 4.37. The van der Waals surface area contributed by atoms with Gasteiger partial charge >= 0.3 is 0 Å². The summed E-state index contributed by atoms with van der Waals surface area (Å²) < 4.78 is 5.38. The van der Waals surface area contributed by atoms with E-state index in [-0.39, 0.29) is 0 Å². The highest BCUT2D eigenvalue weighted by atomic mass is 32.1. The number of nitrogens with zero attached hydrogens (tertiary/aromatic N) is 1. The lowest BCUT2D eigenvalue weighted by Crippen LogP contribution is -2.30. The smallest absolute Gasteiger partial charge is 0.119 e. The summed E-state index contributed by atoms with van der Waals surface area (Å²) in [4.78, 5) is 7.52. The average molecular weight is 326 g/mol. The summed E-state index contributed by atoms with van der Waals surface area (Å²) in [5.74, 6) is 0.931. The van der Waals surface area contributed by atoms with Gasteiger partial charge in [0.05, 0.1) is 7.11 Å². The van der Waals surface area contributed by atoms with Gasteiger partial charge in [-0.15, -0.1) is 11.3 Å². The number of aromatic nitrogens is 1. The Balaban J connectivity index is 1.54. The van der Waals surface area contributed by atoms with E-state index >= 15 is 0 Å². The number of thiophene rings is 1. The lowest BCUT2D eigenvalue weighted by Gasteiger charge is -2.23. The Morgan fingerprint density at radius 3 is 3.13 bits per heavy atom. The Bertz CT molecular complexity index is 778. The van der Waals surface area contributed by atoms with Gasteiger partial charge in [0.1, 0.15) is 5.75 Å². The van der Waals surface area contributed by atoms with Crippen LogP contribution in [0, 0.1) is 0 Å². The van der Waals surface area contributed by atoms with Crippen molar-refractivity contribution in [1.29, 1.82) is 0 Å². The van der Waals surface area contributed by atoms with E-state index in [0.717, 1.165) is 18.7 Å². The van der Waals surface area contributed by atoms with Crippen LogP contribution in [0.4, 0.5) is 0 Å². The number of fused-ring (bicyclic) bond motifs is 1. The molecule has 1 aliphatic rings. The number of hydrogen-bond donors (Lipinski definition) is 1. The maximum atomic E-state index is 5.38. The average Bonchev–Trinajstić information content (AvgIpc) is 3.31. The van der Waals surface area contributed by atoms with E-state index in [1.165, 1.54) is 40.7 Å². The number of nitrogens with one attached hydrogen (secondary N) is 1. The van der Waals surface area contributed by atoms with E-state index in [2.05, 4.69) is 45.7 Å². The van der Waals surface area contributed by atoms with Crippen molar-refractivity contribution in [2.24, 2.45) is 0 Å². The van der Waals surface area contributed by atoms with Gasteiger partial charge in [-0.05, 0) is 61.0 Å². The van der Waals surface area contributed by atoms with Crippen LogP contribution in [-0.2, 0) is 13.0 Å². The van der Waals surface area contributed by atoms with E-state index in [1.807, 2.05) is 17.4 Å². The molecule has 1 N–H and O–H groups in total. The largest absolute Gasteiger partial charge is 0.497 e. The maximum Gasteiger partial charge on any atom is 0.119 e. The zero-order valence-electron chi connectivity index (χ0n) is 13.4. The van der Waals surface area contributed by atoms with Crippen molar-refractivity contribution in [3.8, 4) is 5.75 Å². The van der Waals surface area contributed by atoms with Crippen LogP contribution in [-0.4, -0.2) is 29.6 Å². The van der Waals surface area contributed by atoms with Crippen LogP contribution in [0.3, 0.4) is 0 Å². The summed E-state index contributed by atoms with van der Waals surface area (Å²) in [6.07, 6.45) is 5.88. The summed E-state index contributed by atoms with van der Waals surface area (Å²) in [5, 5.41) is 3.47. The van der Waals surface area contributed by atoms with Crippen LogP contribution in [0.5, 0.6) is 5.75 Å². The van der Waals surface area contributed by atoms with E-state index in [1.54, 1.807) is 7.11 Å². The number of H-pyrrole nitrogens is 1. The van der Waals surface area contributed by atoms with Crippen molar-refractivity contribution >= 4 is 22.2 Å². The molecule has 1 fully saturated rings. The van der Waals surface area contributed by atoms with Gasteiger partial charge in [-0.2, -0.15) is 0 Å². The van der Waals surface area contributed by atoms with Gasteiger partial charge in [-0.3, -0.25) is 4.90 Å². The molecule has 1 aromatic carbocycles. The molecule has 1 aliphatic heterocycles. The van der Waals surface area contributed by atoms with Gasteiger partial charge in [-0.1, -0.05) is 6.07 Å². The Labute approximate surface area is 140 Å². The summed E-state index contributed by atoms with van der Waals surface area (Å²) in [6, 6.07) is 11.3. The molecule has 2 aromatic heterocycles. The molecule has 3 heterocycles. The molecule has 0 bridgehead atoms. The number of hydrogen-bond acceptors (Lipinski definition) is 3. The van der Waals surface area contributed by atoms with E-state index in [9.17, 15) is 0 Å². The van der Waals surface area contributed by atoms with Crippen molar-refractivity contribution in [3.63, 3.8) is 0 Å². The molecule has 1 atom stereocenters. The number of likely N-dealkylation sites (tertiary alicyclic amines) is 1. The van der Waals surface area contributed by atoms with Crippen LogP contribution in [0.2, 0.25) is 0 Å². The maximum absolute atomic E-state index is 5.38. The van der Waals surface area contributed by atoms with Crippen molar-refractivity contribution in [3.05, 3.63) is 52.3 Å². The third-order valence-corrected chi connectivity index (χ3v) is 5.73. The molecular weight excluding hydrogens is 304 g/mol. The molecule has 3 aromatic rings.